The molecular formula is C14H10FNO4S. The molecular weight excluding hydrogens is 297 g/mol. The third-order valence-corrected chi connectivity index (χ3v) is 3.38. The lowest BCUT2D eigenvalue weighted by molar-refractivity contribution is -0.384. The van der Waals surface area contributed by atoms with Gasteiger partial charge in [0, 0.05) is 17.0 Å². The third-order valence-electron chi connectivity index (χ3n) is 2.43. The van der Waals surface area contributed by atoms with Crippen LogP contribution < -0.4 is 4.74 Å². The van der Waals surface area contributed by atoms with Gasteiger partial charge in [-0.3, -0.25) is 10.1 Å². The monoisotopic (exact) mass is 307 g/mol. The number of carbonyl (C=O) groups excluding carboxylic acids is 1. The Labute approximate surface area is 123 Å². The normalized spacial score (nSPS) is 11.7. The number of benzene rings is 2. The second-order valence-electron chi connectivity index (χ2n) is 3.92. The lowest BCUT2D eigenvalue weighted by atomic mass is 10.3. The van der Waals surface area contributed by atoms with E-state index in [0.29, 0.717) is 4.90 Å². The zero-order valence-electron chi connectivity index (χ0n) is 10.6. The maximum Gasteiger partial charge on any atom is 0.357 e. The van der Waals surface area contributed by atoms with Crippen LogP contribution in [0.1, 0.15) is 0 Å². The lowest BCUT2D eigenvalue weighted by Gasteiger charge is -2.08. The number of non-ortho nitro benzene ring substituents is 1. The van der Waals surface area contributed by atoms with Gasteiger partial charge in [-0.15, -0.1) is 0 Å². The molecule has 1 unspecified atom stereocenters. The summed E-state index contributed by atoms with van der Waals surface area (Å²) in [6.45, 7) is 0. The average molecular weight is 307 g/mol. The lowest BCUT2D eigenvalue weighted by Crippen LogP contribution is -2.18. The van der Waals surface area contributed by atoms with Crippen molar-refractivity contribution in [3.8, 4) is 5.75 Å². The van der Waals surface area contributed by atoms with Gasteiger partial charge in [0.2, 0.25) is 5.50 Å². The van der Waals surface area contributed by atoms with E-state index in [1.165, 1.54) is 24.3 Å². The Morgan fingerprint density at radius 3 is 2.33 bits per heavy atom. The molecule has 0 N–H and O–H groups in total. The Balaban J connectivity index is 1.95. The standard InChI is InChI=1S/C14H10FNO4S/c15-13(21-12-4-2-1-3-5-12)14(17)20-11-8-6-10(7-9-11)16(18)19/h1-9,13H. The van der Waals surface area contributed by atoms with Crippen LogP contribution in [-0.2, 0) is 4.79 Å². The van der Waals surface area contributed by atoms with E-state index in [2.05, 4.69) is 0 Å². The molecule has 0 heterocycles. The van der Waals surface area contributed by atoms with Crippen molar-refractivity contribution in [3.05, 3.63) is 64.7 Å². The van der Waals surface area contributed by atoms with E-state index >= 15 is 0 Å². The Morgan fingerprint density at radius 2 is 1.76 bits per heavy atom. The number of halogens is 1. The molecule has 0 bridgehead atoms. The third kappa shape index (κ3) is 4.28. The van der Waals surface area contributed by atoms with Gasteiger partial charge in [-0.2, -0.15) is 0 Å². The maximum absolute atomic E-state index is 13.8. The molecule has 21 heavy (non-hydrogen) atoms. The molecule has 0 aliphatic heterocycles. The van der Waals surface area contributed by atoms with E-state index < -0.39 is 16.4 Å². The van der Waals surface area contributed by atoms with Crippen molar-refractivity contribution in [1.82, 2.24) is 0 Å². The number of nitro groups is 1. The highest BCUT2D eigenvalue weighted by molar-refractivity contribution is 8.00. The van der Waals surface area contributed by atoms with Gasteiger partial charge >= 0.3 is 5.97 Å². The second-order valence-corrected chi connectivity index (χ2v) is 5.04. The van der Waals surface area contributed by atoms with Gasteiger partial charge in [-0.25, -0.2) is 9.18 Å². The van der Waals surface area contributed by atoms with Crippen molar-refractivity contribution >= 4 is 23.4 Å². The number of alkyl halides is 1. The quantitative estimate of drug-likeness (QED) is 0.277. The van der Waals surface area contributed by atoms with Gasteiger partial charge in [0.05, 0.1) is 4.92 Å². The number of carbonyl (C=O) groups is 1. The Hall–Kier alpha value is -2.41. The summed E-state index contributed by atoms with van der Waals surface area (Å²) in [5.41, 5.74) is -2.01. The summed E-state index contributed by atoms with van der Waals surface area (Å²) in [7, 11) is 0. The number of nitrogens with zero attached hydrogens (tertiary/aromatic N) is 1. The molecule has 0 aliphatic carbocycles. The molecule has 0 aliphatic rings. The van der Waals surface area contributed by atoms with Crippen molar-refractivity contribution in [1.29, 1.82) is 0 Å². The Morgan fingerprint density at radius 1 is 1.14 bits per heavy atom. The van der Waals surface area contributed by atoms with E-state index in [0.717, 1.165) is 11.8 Å². The van der Waals surface area contributed by atoms with E-state index in [9.17, 15) is 19.3 Å². The summed E-state index contributed by atoms with van der Waals surface area (Å²) in [5, 5.41) is 10.5. The van der Waals surface area contributed by atoms with Crippen molar-refractivity contribution in [2.24, 2.45) is 0 Å². The van der Waals surface area contributed by atoms with Gasteiger partial charge in [0.25, 0.3) is 5.69 Å². The molecule has 0 radical (unpaired) electrons. The number of rotatable bonds is 5. The molecule has 0 saturated heterocycles. The fourth-order valence-corrected chi connectivity index (χ4v) is 2.16. The minimum atomic E-state index is -1.87. The summed E-state index contributed by atoms with van der Waals surface area (Å²) < 4.78 is 18.6. The van der Waals surface area contributed by atoms with Crippen LogP contribution in [0.2, 0.25) is 0 Å². The zero-order chi connectivity index (χ0) is 15.2. The number of ether oxygens (including phenoxy) is 1. The molecule has 1 atom stereocenters. The molecule has 0 spiro atoms. The van der Waals surface area contributed by atoms with E-state index in [-0.39, 0.29) is 11.4 Å². The summed E-state index contributed by atoms with van der Waals surface area (Å²) in [4.78, 5) is 22.1. The van der Waals surface area contributed by atoms with E-state index in [1.54, 1.807) is 30.3 Å². The average Bonchev–Trinajstić information content (AvgIpc) is 2.48. The van der Waals surface area contributed by atoms with Crippen LogP contribution in [0.25, 0.3) is 0 Å². The SMILES string of the molecule is O=C(Oc1ccc([N+](=O)[O-])cc1)C(F)Sc1ccccc1. The van der Waals surface area contributed by atoms with E-state index in [4.69, 9.17) is 4.74 Å². The zero-order valence-corrected chi connectivity index (χ0v) is 11.5. The predicted molar refractivity (Wildman–Crippen MR) is 75.9 cm³/mol. The van der Waals surface area contributed by atoms with Crippen molar-refractivity contribution in [2.45, 2.75) is 10.4 Å². The molecule has 2 rings (SSSR count). The Kier molecular flexibility index (Phi) is 4.89. The number of esters is 1. The van der Waals surface area contributed by atoms with Gasteiger partial charge in [-0.05, 0) is 24.3 Å². The summed E-state index contributed by atoms with van der Waals surface area (Å²) in [6.07, 6.45) is 0. The minimum absolute atomic E-state index is 0.0573. The highest BCUT2D eigenvalue weighted by Gasteiger charge is 2.21. The largest absolute Gasteiger partial charge is 0.424 e. The summed E-state index contributed by atoms with van der Waals surface area (Å²) in [6, 6.07) is 13.5. The fourth-order valence-electron chi connectivity index (χ4n) is 1.47. The molecule has 2 aromatic rings. The van der Waals surface area contributed by atoms with Crippen LogP contribution in [0.4, 0.5) is 10.1 Å². The molecule has 2 aromatic carbocycles. The van der Waals surface area contributed by atoms with Crippen LogP contribution in [0, 0.1) is 10.1 Å². The predicted octanol–water partition coefficient (Wildman–Crippen LogP) is 3.59. The van der Waals surface area contributed by atoms with Crippen LogP contribution in [-0.4, -0.2) is 16.4 Å². The van der Waals surface area contributed by atoms with Crippen molar-refractivity contribution in [2.75, 3.05) is 0 Å². The first-order chi connectivity index (χ1) is 10.1. The van der Waals surface area contributed by atoms with Crippen molar-refractivity contribution in [3.63, 3.8) is 0 Å². The van der Waals surface area contributed by atoms with Gasteiger partial charge in [0.15, 0.2) is 0 Å². The highest BCUT2D eigenvalue weighted by Crippen LogP contribution is 2.26. The molecule has 0 fully saturated rings. The second kappa shape index (κ2) is 6.85. The molecule has 5 nitrogen and oxygen atoms in total. The molecule has 0 amide bonds. The van der Waals surface area contributed by atoms with E-state index in [1.807, 2.05) is 0 Å². The van der Waals surface area contributed by atoms with Gasteiger partial charge < -0.3 is 4.74 Å². The number of hydrogen-bond donors (Lipinski definition) is 0. The number of thioether (sulfide) groups is 1. The first kappa shape index (κ1) is 15.0. The molecule has 7 heteroatoms. The minimum Gasteiger partial charge on any atom is -0.424 e. The molecule has 0 saturated carbocycles. The maximum atomic E-state index is 13.8. The topological polar surface area (TPSA) is 69.4 Å². The fraction of sp³-hybridized carbons (Fsp3) is 0.0714. The summed E-state index contributed by atoms with van der Waals surface area (Å²) >= 11 is 0.730. The van der Waals surface area contributed by atoms with Crippen LogP contribution >= 0.6 is 11.8 Å². The van der Waals surface area contributed by atoms with Gasteiger partial charge in [-0.1, -0.05) is 30.0 Å². The Bertz CT molecular complexity index is 633. The smallest absolute Gasteiger partial charge is 0.357 e. The van der Waals surface area contributed by atoms with Crippen LogP contribution in [0.15, 0.2) is 59.5 Å². The molecule has 0 aromatic heterocycles. The van der Waals surface area contributed by atoms with Crippen LogP contribution in [0.5, 0.6) is 5.75 Å². The van der Waals surface area contributed by atoms with Crippen LogP contribution in [0.3, 0.4) is 0 Å². The van der Waals surface area contributed by atoms with Crippen molar-refractivity contribution < 1.29 is 18.8 Å². The first-order valence-corrected chi connectivity index (χ1v) is 6.76. The highest BCUT2D eigenvalue weighted by atomic mass is 32.2. The van der Waals surface area contributed by atoms with Gasteiger partial charge in [0.1, 0.15) is 5.75 Å². The number of hydrogen-bond acceptors (Lipinski definition) is 5. The number of nitro benzene ring substituents is 1. The first-order valence-electron chi connectivity index (χ1n) is 5.88. The summed E-state index contributed by atoms with van der Waals surface area (Å²) in [5.74, 6) is -1.00. The molecule has 108 valence electrons.